The van der Waals surface area contributed by atoms with Crippen LogP contribution in [0.15, 0.2) is 35.9 Å². The van der Waals surface area contributed by atoms with Gasteiger partial charge in [0.15, 0.2) is 0 Å². The van der Waals surface area contributed by atoms with E-state index in [4.69, 9.17) is 21.7 Å². The zero-order valence-electron chi connectivity index (χ0n) is 8.86. The predicted octanol–water partition coefficient (Wildman–Crippen LogP) is 2.01. The molecule has 0 saturated heterocycles. The fraction of sp³-hybridized carbons (Fsp3) is 0. The van der Waals surface area contributed by atoms with E-state index in [0.717, 1.165) is 0 Å². The molecule has 1 aliphatic rings. The third-order valence-corrected chi connectivity index (χ3v) is 2.57. The van der Waals surface area contributed by atoms with Gasteiger partial charge < -0.3 is 11.1 Å². The standard InChI is InChI=1S/C13H8N4/c14-6-8(7-15)9-4-5-12(17)13-10(9)2-1-3-11(13)16/h1-5,17H,16H2. The largest absolute Gasteiger partial charge is 0.398 e. The van der Waals surface area contributed by atoms with Crippen molar-refractivity contribution in [3.63, 3.8) is 0 Å². The molecule has 2 rings (SSSR count). The third kappa shape index (κ3) is 1.58. The second kappa shape index (κ2) is 3.96. The SMILES string of the molecule is N#CC(C#N)=C1C=CC(=N)c2c(N)cccc21. The van der Waals surface area contributed by atoms with Crippen molar-refractivity contribution < 1.29 is 0 Å². The summed E-state index contributed by atoms with van der Waals surface area (Å²) in [5, 5.41) is 25.6. The topological polar surface area (TPSA) is 97.5 Å². The maximum Gasteiger partial charge on any atom is 0.137 e. The molecule has 0 heterocycles. The van der Waals surface area contributed by atoms with Crippen molar-refractivity contribution in [1.29, 1.82) is 15.9 Å². The molecule has 0 amide bonds. The third-order valence-electron chi connectivity index (χ3n) is 2.57. The molecule has 1 aliphatic carbocycles. The number of rotatable bonds is 0. The number of anilines is 1. The minimum atomic E-state index is 0.0283. The Morgan fingerprint density at radius 2 is 1.88 bits per heavy atom. The van der Waals surface area contributed by atoms with Gasteiger partial charge >= 0.3 is 0 Å². The number of nitrogens with one attached hydrogen (secondary N) is 1. The molecule has 0 spiro atoms. The second-order valence-electron chi connectivity index (χ2n) is 3.53. The lowest BCUT2D eigenvalue weighted by Gasteiger charge is -2.16. The average molecular weight is 220 g/mol. The van der Waals surface area contributed by atoms with Gasteiger partial charge in [0.25, 0.3) is 0 Å². The van der Waals surface area contributed by atoms with Crippen molar-refractivity contribution in [3.8, 4) is 12.1 Å². The summed E-state index contributed by atoms with van der Waals surface area (Å²) in [6, 6.07) is 8.90. The van der Waals surface area contributed by atoms with Gasteiger partial charge in [0.05, 0.1) is 5.71 Å². The first-order valence-electron chi connectivity index (χ1n) is 4.89. The van der Waals surface area contributed by atoms with Gasteiger partial charge in [0.1, 0.15) is 17.7 Å². The highest BCUT2D eigenvalue weighted by atomic mass is 14.6. The number of nitrogen functional groups attached to an aromatic ring is 1. The fourth-order valence-electron chi connectivity index (χ4n) is 1.80. The van der Waals surface area contributed by atoms with E-state index in [0.29, 0.717) is 22.4 Å². The van der Waals surface area contributed by atoms with E-state index in [1.165, 1.54) is 0 Å². The van der Waals surface area contributed by atoms with E-state index in [9.17, 15) is 0 Å². The minimum Gasteiger partial charge on any atom is -0.398 e. The Bertz CT molecular complexity index is 635. The summed E-state index contributed by atoms with van der Waals surface area (Å²) in [4.78, 5) is 0. The molecular weight excluding hydrogens is 212 g/mol. The van der Waals surface area contributed by atoms with Crippen LogP contribution >= 0.6 is 0 Å². The number of nitrogens with two attached hydrogens (primary N) is 1. The number of allylic oxidation sites excluding steroid dienone is 4. The molecule has 4 nitrogen and oxygen atoms in total. The van der Waals surface area contributed by atoms with Gasteiger partial charge in [0.2, 0.25) is 0 Å². The normalized spacial score (nSPS) is 12.6. The molecule has 0 aromatic heterocycles. The first-order chi connectivity index (χ1) is 8.19. The Kier molecular flexibility index (Phi) is 2.48. The van der Waals surface area contributed by atoms with Crippen LogP contribution in [0.3, 0.4) is 0 Å². The van der Waals surface area contributed by atoms with Crippen molar-refractivity contribution in [2.45, 2.75) is 0 Å². The molecule has 3 N–H and O–H groups in total. The van der Waals surface area contributed by atoms with Crippen molar-refractivity contribution in [2.75, 3.05) is 5.73 Å². The molecule has 80 valence electrons. The number of hydrogen-bond donors (Lipinski definition) is 2. The second-order valence-corrected chi connectivity index (χ2v) is 3.53. The molecule has 1 aromatic carbocycles. The molecule has 0 atom stereocenters. The number of benzene rings is 1. The molecule has 0 bridgehead atoms. The lowest BCUT2D eigenvalue weighted by molar-refractivity contribution is 1.43. The summed E-state index contributed by atoms with van der Waals surface area (Å²) in [7, 11) is 0. The lowest BCUT2D eigenvalue weighted by Crippen LogP contribution is -2.09. The predicted molar refractivity (Wildman–Crippen MR) is 65.0 cm³/mol. The number of nitriles is 2. The van der Waals surface area contributed by atoms with Crippen LogP contribution in [0.1, 0.15) is 11.1 Å². The molecule has 0 radical (unpaired) electrons. The van der Waals surface area contributed by atoms with Crippen molar-refractivity contribution in [1.82, 2.24) is 0 Å². The van der Waals surface area contributed by atoms with E-state index in [2.05, 4.69) is 0 Å². The zero-order chi connectivity index (χ0) is 12.4. The highest BCUT2D eigenvalue weighted by Gasteiger charge is 2.19. The van der Waals surface area contributed by atoms with E-state index < -0.39 is 0 Å². The number of fused-ring (bicyclic) bond motifs is 1. The van der Waals surface area contributed by atoms with Gasteiger partial charge in [-0.3, -0.25) is 0 Å². The molecule has 17 heavy (non-hydrogen) atoms. The Morgan fingerprint density at radius 1 is 1.18 bits per heavy atom. The average Bonchev–Trinajstić information content (AvgIpc) is 2.33. The van der Waals surface area contributed by atoms with E-state index >= 15 is 0 Å². The summed E-state index contributed by atoms with van der Waals surface area (Å²) < 4.78 is 0. The van der Waals surface area contributed by atoms with Crippen molar-refractivity contribution >= 4 is 17.0 Å². The number of hydrogen-bond acceptors (Lipinski definition) is 4. The van der Waals surface area contributed by atoms with Gasteiger partial charge in [-0.25, -0.2) is 0 Å². The molecule has 0 fully saturated rings. The van der Waals surface area contributed by atoms with Crippen LogP contribution in [-0.4, -0.2) is 5.71 Å². The highest BCUT2D eigenvalue weighted by Crippen LogP contribution is 2.31. The quantitative estimate of drug-likeness (QED) is 0.516. The molecule has 4 heteroatoms. The zero-order valence-corrected chi connectivity index (χ0v) is 8.86. The summed E-state index contributed by atoms with van der Waals surface area (Å²) in [6.07, 6.45) is 3.15. The van der Waals surface area contributed by atoms with Gasteiger partial charge in [-0.1, -0.05) is 18.2 Å². The van der Waals surface area contributed by atoms with Gasteiger partial charge in [-0.2, -0.15) is 10.5 Å². The van der Waals surface area contributed by atoms with Gasteiger partial charge in [-0.15, -0.1) is 0 Å². The molecular formula is C13H8N4. The smallest absolute Gasteiger partial charge is 0.137 e. The van der Waals surface area contributed by atoms with Gasteiger partial charge in [-0.05, 0) is 17.7 Å². The summed E-state index contributed by atoms with van der Waals surface area (Å²) in [6.45, 7) is 0. The first kappa shape index (κ1) is 10.7. The van der Waals surface area contributed by atoms with Crippen LogP contribution in [0.2, 0.25) is 0 Å². The summed E-state index contributed by atoms with van der Waals surface area (Å²) in [5.74, 6) is 0. The maximum atomic E-state index is 8.89. The van der Waals surface area contributed by atoms with Crippen LogP contribution in [0.4, 0.5) is 5.69 Å². The number of nitrogens with zero attached hydrogens (tertiary/aromatic N) is 2. The van der Waals surface area contributed by atoms with Crippen LogP contribution in [0.25, 0.3) is 5.57 Å². The van der Waals surface area contributed by atoms with Crippen molar-refractivity contribution in [2.24, 2.45) is 0 Å². The Morgan fingerprint density at radius 3 is 2.53 bits per heavy atom. The Hall–Kier alpha value is -2.85. The minimum absolute atomic E-state index is 0.0283. The van der Waals surface area contributed by atoms with Crippen LogP contribution < -0.4 is 5.73 Å². The maximum absolute atomic E-state index is 8.89. The van der Waals surface area contributed by atoms with E-state index in [1.807, 2.05) is 12.1 Å². The molecule has 0 aliphatic heterocycles. The highest BCUT2D eigenvalue weighted by molar-refractivity contribution is 6.17. The molecule has 0 unspecified atom stereocenters. The lowest BCUT2D eigenvalue weighted by atomic mass is 9.88. The Labute approximate surface area is 98.4 Å². The van der Waals surface area contributed by atoms with E-state index in [1.54, 1.807) is 30.4 Å². The van der Waals surface area contributed by atoms with Crippen LogP contribution in [-0.2, 0) is 0 Å². The van der Waals surface area contributed by atoms with Crippen LogP contribution in [0, 0.1) is 28.1 Å². The monoisotopic (exact) mass is 220 g/mol. The van der Waals surface area contributed by atoms with Crippen LogP contribution in [0.5, 0.6) is 0 Å². The fourth-order valence-corrected chi connectivity index (χ4v) is 1.80. The summed E-state index contributed by atoms with van der Waals surface area (Å²) >= 11 is 0. The molecule has 1 aromatic rings. The Balaban J connectivity index is 2.82. The van der Waals surface area contributed by atoms with Crippen molar-refractivity contribution in [3.05, 3.63) is 47.1 Å². The van der Waals surface area contributed by atoms with E-state index in [-0.39, 0.29) is 11.3 Å². The summed E-state index contributed by atoms with van der Waals surface area (Å²) in [5.41, 5.74) is 8.37. The molecule has 0 saturated carbocycles. The first-order valence-corrected chi connectivity index (χ1v) is 4.89. The van der Waals surface area contributed by atoms with Gasteiger partial charge in [0, 0.05) is 16.8 Å².